The second kappa shape index (κ2) is 7.27. The summed E-state index contributed by atoms with van der Waals surface area (Å²) in [6, 6.07) is 5.91. The van der Waals surface area contributed by atoms with E-state index in [1.54, 1.807) is 4.90 Å². The van der Waals surface area contributed by atoms with Crippen LogP contribution in [0.25, 0.3) is 10.9 Å². The summed E-state index contributed by atoms with van der Waals surface area (Å²) in [5, 5.41) is 10.1. The number of carboxylic acids is 1. The highest BCUT2D eigenvalue weighted by Crippen LogP contribution is 2.24. The predicted octanol–water partition coefficient (Wildman–Crippen LogP) is 2.88. The summed E-state index contributed by atoms with van der Waals surface area (Å²) < 4.78 is 5.38. The van der Waals surface area contributed by atoms with Crippen molar-refractivity contribution in [2.24, 2.45) is 0 Å². The molecule has 1 saturated heterocycles. The van der Waals surface area contributed by atoms with Crippen molar-refractivity contribution in [3.8, 4) is 0 Å². The van der Waals surface area contributed by atoms with E-state index in [4.69, 9.17) is 9.84 Å². The van der Waals surface area contributed by atoms with Crippen molar-refractivity contribution in [1.29, 1.82) is 0 Å². The first-order chi connectivity index (χ1) is 12.0. The Labute approximate surface area is 146 Å². The molecule has 3 rings (SSSR count). The Hall–Kier alpha value is -2.34. The van der Waals surface area contributed by atoms with E-state index in [0.29, 0.717) is 18.9 Å². The van der Waals surface area contributed by atoms with Crippen LogP contribution in [0, 0.1) is 13.8 Å². The molecule has 6 heteroatoms. The molecule has 0 saturated carbocycles. The first-order valence-electron chi connectivity index (χ1n) is 8.67. The summed E-state index contributed by atoms with van der Waals surface area (Å²) in [7, 11) is 0. The van der Waals surface area contributed by atoms with Crippen molar-refractivity contribution in [2.45, 2.75) is 39.2 Å². The second-order valence-electron chi connectivity index (χ2n) is 6.64. The Balaban J connectivity index is 1.90. The average Bonchev–Trinajstić information content (AvgIpc) is 3.04. The SMILES string of the molecule is Cc1ccc2[nH]c(C(=O)N(CCC(=O)O)C3CCOCC3)cc2c1C. The molecule has 0 unspecified atom stereocenters. The molecule has 134 valence electrons. The van der Waals surface area contributed by atoms with Crippen LogP contribution in [0.3, 0.4) is 0 Å². The van der Waals surface area contributed by atoms with Gasteiger partial charge in [0.25, 0.3) is 5.91 Å². The molecule has 0 atom stereocenters. The lowest BCUT2D eigenvalue weighted by molar-refractivity contribution is -0.137. The molecule has 1 fully saturated rings. The number of benzene rings is 1. The van der Waals surface area contributed by atoms with Crippen molar-refractivity contribution in [2.75, 3.05) is 19.8 Å². The Bertz CT molecular complexity index is 790. The van der Waals surface area contributed by atoms with Crippen LogP contribution in [0.1, 0.15) is 40.9 Å². The van der Waals surface area contributed by atoms with E-state index in [0.717, 1.165) is 29.3 Å². The number of amides is 1. The normalized spacial score (nSPS) is 15.4. The summed E-state index contributed by atoms with van der Waals surface area (Å²) in [6.45, 7) is 5.51. The number of carbonyl (C=O) groups excluding carboxylic acids is 1. The van der Waals surface area contributed by atoms with Crippen LogP contribution in [0.15, 0.2) is 18.2 Å². The van der Waals surface area contributed by atoms with Crippen molar-refractivity contribution >= 4 is 22.8 Å². The second-order valence-corrected chi connectivity index (χ2v) is 6.64. The summed E-state index contributed by atoms with van der Waals surface area (Å²) in [6.07, 6.45) is 1.43. The molecule has 1 aliphatic heterocycles. The van der Waals surface area contributed by atoms with Gasteiger partial charge in [-0.1, -0.05) is 6.07 Å². The highest BCUT2D eigenvalue weighted by molar-refractivity contribution is 5.99. The zero-order chi connectivity index (χ0) is 18.0. The van der Waals surface area contributed by atoms with Crippen molar-refractivity contribution in [1.82, 2.24) is 9.88 Å². The highest BCUT2D eigenvalue weighted by atomic mass is 16.5. The number of nitrogens with zero attached hydrogens (tertiary/aromatic N) is 1. The van der Waals surface area contributed by atoms with Crippen LogP contribution in [-0.2, 0) is 9.53 Å². The van der Waals surface area contributed by atoms with Crippen molar-refractivity contribution in [3.05, 3.63) is 35.0 Å². The van der Waals surface area contributed by atoms with E-state index in [1.165, 1.54) is 5.56 Å². The molecule has 6 nitrogen and oxygen atoms in total. The number of aromatic amines is 1. The molecule has 1 aromatic heterocycles. The number of aryl methyl sites for hydroxylation is 2. The number of hydrogen-bond acceptors (Lipinski definition) is 3. The third kappa shape index (κ3) is 3.69. The molecule has 2 aromatic rings. The Morgan fingerprint density at radius 3 is 2.68 bits per heavy atom. The van der Waals surface area contributed by atoms with Gasteiger partial charge in [0.15, 0.2) is 0 Å². The minimum atomic E-state index is -0.895. The molecule has 0 spiro atoms. The summed E-state index contributed by atoms with van der Waals surface area (Å²) in [4.78, 5) is 29.0. The minimum absolute atomic E-state index is 0.0230. The van der Waals surface area contributed by atoms with Gasteiger partial charge in [0.2, 0.25) is 0 Å². The number of rotatable bonds is 5. The smallest absolute Gasteiger partial charge is 0.305 e. The van der Waals surface area contributed by atoms with E-state index in [2.05, 4.69) is 4.98 Å². The number of hydrogen-bond donors (Lipinski definition) is 2. The van der Waals surface area contributed by atoms with Gasteiger partial charge in [-0.05, 0) is 49.9 Å². The van der Waals surface area contributed by atoms with Gasteiger partial charge in [0.05, 0.1) is 6.42 Å². The van der Waals surface area contributed by atoms with Crippen LogP contribution in [0.4, 0.5) is 0 Å². The number of nitrogens with one attached hydrogen (secondary N) is 1. The fraction of sp³-hybridized carbons (Fsp3) is 0.474. The van der Waals surface area contributed by atoms with Gasteiger partial charge >= 0.3 is 5.97 Å². The fourth-order valence-electron chi connectivity index (χ4n) is 3.39. The van der Waals surface area contributed by atoms with Crippen molar-refractivity contribution in [3.63, 3.8) is 0 Å². The van der Waals surface area contributed by atoms with E-state index < -0.39 is 5.97 Å². The molecule has 25 heavy (non-hydrogen) atoms. The third-order valence-electron chi connectivity index (χ3n) is 5.03. The first kappa shape index (κ1) is 17.5. The van der Waals surface area contributed by atoms with E-state index >= 15 is 0 Å². The third-order valence-corrected chi connectivity index (χ3v) is 5.03. The molecular weight excluding hydrogens is 320 g/mol. The zero-order valence-corrected chi connectivity index (χ0v) is 14.7. The highest BCUT2D eigenvalue weighted by Gasteiger charge is 2.28. The largest absolute Gasteiger partial charge is 0.481 e. The molecule has 0 radical (unpaired) electrons. The van der Waals surface area contributed by atoms with Crippen LogP contribution in [0.5, 0.6) is 0 Å². The van der Waals surface area contributed by atoms with Gasteiger partial charge in [-0.25, -0.2) is 0 Å². The van der Waals surface area contributed by atoms with Crippen LogP contribution >= 0.6 is 0 Å². The molecule has 1 aliphatic rings. The van der Waals surface area contributed by atoms with Crippen LogP contribution < -0.4 is 0 Å². The summed E-state index contributed by atoms with van der Waals surface area (Å²) in [5.41, 5.74) is 3.77. The lowest BCUT2D eigenvalue weighted by Crippen LogP contribution is -2.44. The summed E-state index contributed by atoms with van der Waals surface area (Å²) >= 11 is 0. The lowest BCUT2D eigenvalue weighted by Gasteiger charge is -2.33. The monoisotopic (exact) mass is 344 g/mol. The van der Waals surface area contributed by atoms with Gasteiger partial charge in [0, 0.05) is 36.7 Å². The van der Waals surface area contributed by atoms with E-state index in [9.17, 15) is 9.59 Å². The fourth-order valence-corrected chi connectivity index (χ4v) is 3.39. The molecule has 2 heterocycles. The number of carboxylic acid groups (broad SMARTS) is 1. The van der Waals surface area contributed by atoms with E-state index in [-0.39, 0.29) is 24.9 Å². The molecule has 0 aliphatic carbocycles. The minimum Gasteiger partial charge on any atom is -0.481 e. The van der Waals surface area contributed by atoms with Gasteiger partial charge in [-0.3, -0.25) is 9.59 Å². The number of carbonyl (C=O) groups is 2. The van der Waals surface area contributed by atoms with E-state index in [1.807, 2.05) is 32.0 Å². The number of aliphatic carboxylic acids is 1. The maximum atomic E-state index is 13.1. The Morgan fingerprint density at radius 1 is 1.28 bits per heavy atom. The van der Waals surface area contributed by atoms with Gasteiger partial charge in [-0.2, -0.15) is 0 Å². The molecule has 2 N–H and O–H groups in total. The quantitative estimate of drug-likeness (QED) is 0.874. The average molecular weight is 344 g/mol. The Morgan fingerprint density at radius 2 is 2.00 bits per heavy atom. The number of ether oxygens (including phenoxy) is 1. The number of aromatic nitrogens is 1. The maximum absolute atomic E-state index is 13.1. The summed E-state index contributed by atoms with van der Waals surface area (Å²) in [5.74, 6) is -1.03. The molecule has 1 amide bonds. The number of fused-ring (bicyclic) bond motifs is 1. The zero-order valence-electron chi connectivity index (χ0n) is 14.7. The van der Waals surface area contributed by atoms with Gasteiger partial charge < -0.3 is 19.7 Å². The van der Waals surface area contributed by atoms with Gasteiger partial charge in [-0.15, -0.1) is 0 Å². The van der Waals surface area contributed by atoms with Crippen LogP contribution in [0.2, 0.25) is 0 Å². The molecule has 1 aromatic carbocycles. The first-order valence-corrected chi connectivity index (χ1v) is 8.67. The maximum Gasteiger partial charge on any atom is 0.305 e. The number of H-pyrrole nitrogens is 1. The topological polar surface area (TPSA) is 82.6 Å². The van der Waals surface area contributed by atoms with Crippen LogP contribution in [-0.4, -0.2) is 52.7 Å². The molecular formula is C19H24N2O4. The van der Waals surface area contributed by atoms with Crippen molar-refractivity contribution < 1.29 is 19.4 Å². The standard InChI is InChI=1S/C19H24N2O4/c1-12-3-4-16-15(13(12)2)11-17(20-16)19(24)21(8-5-18(22)23)14-6-9-25-10-7-14/h3-4,11,14,20H,5-10H2,1-2H3,(H,22,23). The predicted molar refractivity (Wildman–Crippen MR) is 94.9 cm³/mol. The Kier molecular flexibility index (Phi) is 5.08. The lowest BCUT2D eigenvalue weighted by atomic mass is 10.0. The molecule has 0 bridgehead atoms. The van der Waals surface area contributed by atoms with Gasteiger partial charge in [0.1, 0.15) is 5.69 Å².